The van der Waals surface area contributed by atoms with Gasteiger partial charge in [-0.25, -0.2) is 4.79 Å². The predicted molar refractivity (Wildman–Crippen MR) is 59.0 cm³/mol. The largest absolute Gasteiger partial charge is 0.494 e. The van der Waals surface area contributed by atoms with Crippen LogP contribution < -0.4 is 4.74 Å². The van der Waals surface area contributed by atoms with Gasteiger partial charge in [0.15, 0.2) is 0 Å². The van der Waals surface area contributed by atoms with Crippen molar-refractivity contribution in [2.45, 2.75) is 0 Å². The van der Waals surface area contributed by atoms with E-state index in [0.717, 1.165) is 0 Å². The van der Waals surface area contributed by atoms with Gasteiger partial charge in [-0.1, -0.05) is 0 Å². The van der Waals surface area contributed by atoms with E-state index in [2.05, 4.69) is 27.1 Å². The Morgan fingerprint density at radius 1 is 1.47 bits per heavy atom. The molecular weight excluding hydrogens is 214 g/mol. The molecule has 0 atom stereocenters. The second-order valence-electron chi connectivity index (χ2n) is 2.58. The number of thiocarbonyl (C=S) groups is 1. The molecule has 0 saturated heterocycles. The number of benzene rings is 1. The number of hydrogen-bond acceptors (Lipinski definition) is 5. The molecule has 0 aliphatic heterocycles. The molecule has 4 nitrogen and oxygen atoms in total. The van der Waals surface area contributed by atoms with E-state index in [0.29, 0.717) is 17.0 Å². The first-order chi connectivity index (χ1) is 7.22. The topological polar surface area (TPSA) is 47.9 Å². The van der Waals surface area contributed by atoms with Gasteiger partial charge in [0.25, 0.3) is 0 Å². The molecule has 0 radical (unpaired) electrons. The number of methoxy groups -OCH3 is 2. The first kappa shape index (κ1) is 11.4. The molecule has 0 aromatic heterocycles. The summed E-state index contributed by atoms with van der Waals surface area (Å²) in [6, 6.07) is 4.74. The Labute approximate surface area is 92.5 Å². The molecule has 0 fully saturated rings. The van der Waals surface area contributed by atoms with Gasteiger partial charge >= 0.3 is 5.97 Å². The number of ether oxygens (including phenoxy) is 2. The van der Waals surface area contributed by atoms with Crippen LogP contribution in [0.5, 0.6) is 5.75 Å². The molecule has 0 heterocycles. The van der Waals surface area contributed by atoms with E-state index in [4.69, 9.17) is 4.74 Å². The summed E-state index contributed by atoms with van der Waals surface area (Å²) < 4.78 is 9.61. The van der Waals surface area contributed by atoms with Crippen LogP contribution in [0, 0.1) is 0 Å². The van der Waals surface area contributed by atoms with Crippen molar-refractivity contribution in [3.05, 3.63) is 23.8 Å². The first-order valence-corrected chi connectivity index (χ1v) is 4.48. The van der Waals surface area contributed by atoms with Gasteiger partial charge in [-0.05, 0) is 30.4 Å². The SMILES string of the molecule is COC(=O)c1ccc(OC)c(N=C=S)c1. The summed E-state index contributed by atoms with van der Waals surface area (Å²) in [6.07, 6.45) is 0. The molecule has 0 aliphatic carbocycles. The number of carbonyl (C=O) groups is 1. The third-order valence-corrected chi connectivity index (χ3v) is 1.86. The van der Waals surface area contributed by atoms with E-state index >= 15 is 0 Å². The van der Waals surface area contributed by atoms with E-state index in [1.54, 1.807) is 12.1 Å². The maximum Gasteiger partial charge on any atom is 0.337 e. The molecule has 0 aliphatic rings. The minimum absolute atomic E-state index is 0.391. The van der Waals surface area contributed by atoms with Crippen LogP contribution in [0.25, 0.3) is 0 Å². The van der Waals surface area contributed by atoms with Gasteiger partial charge < -0.3 is 9.47 Å². The summed E-state index contributed by atoms with van der Waals surface area (Å²) in [6.45, 7) is 0. The number of hydrogen-bond donors (Lipinski definition) is 0. The quantitative estimate of drug-likeness (QED) is 0.448. The average molecular weight is 223 g/mol. The zero-order valence-electron chi connectivity index (χ0n) is 8.31. The summed E-state index contributed by atoms with van der Waals surface area (Å²) in [7, 11) is 2.82. The third kappa shape index (κ3) is 2.62. The Morgan fingerprint density at radius 3 is 2.73 bits per heavy atom. The van der Waals surface area contributed by atoms with E-state index in [9.17, 15) is 4.79 Å². The minimum atomic E-state index is -0.432. The lowest BCUT2D eigenvalue weighted by Crippen LogP contribution is -2.00. The normalized spacial score (nSPS) is 8.93. The molecule has 1 aromatic rings. The number of rotatable bonds is 3. The highest BCUT2D eigenvalue weighted by molar-refractivity contribution is 7.78. The average Bonchev–Trinajstić information content (AvgIpc) is 2.28. The molecule has 78 valence electrons. The summed E-state index contributed by atoms with van der Waals surface area (Å²) in [4.78, 5) is 15.0. The van der Waals surface area contributed by atoms with Crippen molar-refractivity contribution in [1.29, 1.82) is 0 Å². The van der Waals surface area contributed by atoms with Gasteiger partial charge in [-0.2, -0.15) is 4.99 Å². The Balaban J connectivity index is 3.21. The zero-order valence-corrected chi connectivity index (χ0v) is 9.13. The highest BCUT2D eigenvalue weighted by atomic mass is 32.1. The number of carbonyl (C=O) groups excluding carboxylic acids is 1. The van der Waals surface area contributed by atoms with Crippen molar-refractivity contribution in [3.63, 3.8) is 0 Å². The fourth-order valence-electron chi connectivity index (χ4n) is 1.07. The van der Waals surface area contributed by atoms with Crippen molar-refractivity contribution in [2.24, 2.45) is 4.99 Å². The molecule has 15 heavy (non-hydrogen) atoms. The molecule has 0 amide bonds. The lowest BCUT2D eigenvalue weighted by molar-refractivity contribution is 0.0601. The van der Waals surface area contributed by atoms with Crippen LogP contribution in [0.4, 0.5) is 5.69 Å². The van der Waals surface area contributed by atoms with E-state index < -0.39 is 5.97 Å². The van der Waals surface area contributed by atoms with Crippen molar-refractivity contribution in [3.8, 4) is 5.75 Å². The standard InChI is InChI=1S/C10H9NO3S/c1-13-9-4-3-7(10(12)14-2)5-8(9)11-6-15/h3-5H,1-2H3. The van der Waals surface area contributed by atoms with Crippen LogP contribution in [0.2, 0.25) is 0 Å². The monoisotopic (exact) mass is 223 g/mol. The van der Waals surface area contributed by atoms with Gasteiger partial charge in [-0.3, -0.25) is 0 Å². The van der Waals surface area contributed by atoms with Crippen LogP contribution in [0.1, 0.15) is 10.4 Å². The molecule has 0 N–H and O–H groups in total. The highest BCUT2D eigenvalue weighted by Crippen LogP contribution is 2.28. The minimum Gasteiger partial charge on any atom is -0.494 e. The molecule has 0 bridgehead atoms. The fraction of sp³-hybridized carbons (Fsp3) is 0.200. The van der Waals surface area contributed by atoms with Gasteiger partial charge in [0, 0.05) is 0 Å². The Bertz CT molecular complexity index is 425. The van der Waals surface area contributed by atoms with Gasteiger partial charge in [0.05, 0.1) is 24.9 Å². The van der Waals surface area contributed by atoms with E-state index in [-0.39, 0.29) is 0 Å². The number of aliphatic imine (C=N–C) groups is 1. The zero-order chi connectivity index (χ0) is 11.3. The molecule has 5 heteroatoms. The molecule has 0 saturated carbocycles. The Kier molecular flexibility index (Phi) is 3.97. The van der Waals surface area contributed by atoms with Crippen LogP contribution in [0.15, 0.2) is 23.2 Å². The lowest BCUT2D eigenvalue weighted by Gasteiger charge is -2.04. The van der Waals surface area contributed by atoms with Gasteiger partial charge in [0.1, 0.15) is 11.4 Å². The van der Waals surface area contributed by atoms with Crippen LogP contribution in [-0.4, -0.2) is 25.4 Å². The summed E-state index contributed by atoms with van der Waals surface area (Å²) >= 11 is 4.49. The predicted octanol–water partition coefficient (Wildman–Crippen LogP) is 2.22. The molecular formula is C10H9NO3S. The van der Waals surface area contributed by atoms with E-state index in [1.165, 1.54) is 20.3 Å². The maximum absolute atomic E-state index is 11.2. The molecule has 1 aromatic carbocycles. The highest BCUT2D eigenvalue weighted by Gasteiger charge is 2.09. The van der Waals surface area contributed by atoms with Crippen LogP contribution >= 0.6 is 12.2 Å². The van der Waals surface area contributed by atoms with Crippen LogP contribution in [-0.2, 0) is 4.74 Å². The van der Waals surface area contributed by atoms with E-state index in [1.807, 2.05) is 0 Å². The maximum atomic E-state index is 11.2. The van der Waals surface area contributed by atoms with Gasteiger partial charge in [0.2, 0.25) is 0 Å². The third-order valence-electron chi connectivity index (χ3n) is 1.77. The summed E-state index contributed by atoms with van der Waals surface area (Å²) in [5, 5.41) is 2.22. The summed E-state index contributed by atoms with van der Waals surface area (Å²) in [5.41, 5.74) is 0.845. The van der Waals surface area contributed by atoms with Gasteiger partial charge in [-0.15, -0.1) is 0 Å². The van der Waals surface area contributed by atoms with Crippen molar-refractivity contribution >= 4 is 29.0 Å². The number of esters is 1. The summed E-state index contributed by atoms with van der Waals surface area (Å²) in [5.74, 6) is 0.0958. The number of nitrogens with zero attached hydrogens (tertiary/aromatic N) is 1. The Morgan fingerprint density at radius 2 is 2.20 bits per heavy atom. The molecule has 1 rings (SSSR count). The van der Waals surface area contributed by atoms with Crippen molar-refractivity contribution in [2.75, 3.05) is 14.2 Å². The second-order valence-corrected chi connectivity index (χ2v) is 2.76. The van der Waals surface area contributed by atoms with Crippen molar-refractivity contribution < 1.29 is 14.3 Å². The molecule has 0 spiro atoms. The van der Waals surface area contributed by atoms with Crippen molar-refractivity contribution in [1.82, 2.24) is 0 Å². The smallest absolute Gasteiger partial charge is 0.337 e. The Hall–Kier alpha value is -1.71. The second kappa shape index (κ2) is 5.24. The lowest BCUT2D eigenvalue weighted by atomic mass is 10.2. The first-order valence-electron chi connectivity index (χ1n) is 4.07. The molecule has 0 unspecified atom stereocenters. The van der Waals surface area contributed by atoms with Crippen LogP contribution in [0.3, 0.4) is 0 Å². The number of isothiocyanates is 1. The fourth-order valence-corrected chi connectivity index (χ4v) is 1.17.